The third-order valence-corrected chi connectivity index (χ3v) is 10.9. The van der Waals surface area contributed by atoms with Gasteiger partial charge in [0.15, 0.2) is 0 Å². The van der Waals surface area contributed by atoms with Gasteiger partial charge in [-0.1, -0.05) is 170 Å². The van der Waals surface area contributed by atoms with Gasteiger partial charge >= 0.3 is 0 Å². The second-order valence-corrected chi connectivity index (χ2v) is 13.5. The van der Waals surface area contributed by atoms with Gasteiger partial charge < -0.3 is 4.42 Å². The van der Waals surface area contributed by atoms with Gasteiger partial charge in [-0.25, -0.2) is 0 Å². The van der Waals surface area contributed by atoms with E-state index in [1.54, 1.807) is 0 Å². The molecular formula is C50H30O. The van der Waals surface area contributed by atoms with E-state index in [0.717, 1.165) is 16.6 Å². The van der Waals surface area contributed by atoms with E-state index in [-0.39, 0.29) is 0 Å². The van der Waals surface area contributed by atoms with Crippen LogP contribution in [0.5, 0.6) is 0 Å². The number of furan rings is 1. The van der Waals surface area contributed by atoms with Gasteiger partial charge in [-0.2, -0.15) is 0 Å². The molecule has 0 amide bonds. The molecule has 0 fully saturated rings. The molecule has 236 valence electrons. The van der Waals surface area contributed by atoms with Crippen molar-refractivity contribution in [1.29, 1.82) is 0 Å². The lowest BCUT2D eigenvalue weighted by Crippen LogP contribution is -1.93. The molecule has 0 unspecified atom stereocenters. The van der Waals surface area contributed by atoms with Gasteiger partial charge in [-0.3, -0.25) is 0 Å². The summed E-state index contributed by atoms with van der Waals surface area (Å²) in [6.45, 7) is 0. The summed E-state index contributed by atoms with van der Waals surface area (Å²) in [7, 11) is 0. The van der Waals surface area contributed by atoms with Crippen molar-refractivity contribution in [1.82, 2.24) is 0 Å². The van der Waals surface area contributed by atoms with E-state index in [9.17, 15) is 0 Å². The molecule has 1 nitrogen and oxygen atoms in total. The fraction of sp³-hybridized carbons (Fsp3) is 0. The minimum absolute atomic E-state index is 0.922. The zero-order chi connectivity index (χ0) is 33.5. The first kappa shape index (κ1) is 28.2. The molecule has 0 saturated heterocycles. The second kappa shape index (κ2) is 10.9. The monoisotopic (exact) mass is 646 g/mol. The van der Waals surface area contributed by atoms with Gasteiger partial charge in [0.25, 0.3) is 0 Å². The average molecular weight is 647 g/mol. The predicted octanol–water partition coefficient (Wildman–Crippen LogP) is 14.4. The highest BCUT2D eigenvalue weighted by atomic mass is 16.3. The minimum atomic E-state index is 0.922. The van der Waals surface area contributed by atoms with Gasteiger partial charge in [0.2, 0.25) is 0 Å². The summed E-state index contributed by atoms with van der Waals surface area (Å²) in [6, 6.07) is 66.4. The maximum Gasteiger partial charge on any atom is 0.136 e. The van der Waals surface area contributed by atoms with Crippen LogP contribution in [0, 0.1) is 0 Å². The van der Waals surface area contributed by atoms with Crippen molar-refractivity contribution in [3.05, 3.63) is 182 Å². The average Bonchev–Trinajstić information content (AvgIpc) is 3.59. The Morgan fingerprint density at radius 1 is 0.235 bits per heavy atom. The molecule has 11 aromatic rings. The Balaban J connectivity index is 1.20. The van der Waals surface area contributed by atoms with Crippen LogP contribution in [-0.2, 0) is 0 Å². The zero-order valence-corrected chi connectivity index (χ0v) is 27.7. The highest BCUT2D eigenvalue weighted by molar-refractivity contribution is 6.26. The summed E-state index contributed by atoms with van der Waals surface area (Å²) in [5, 5.41) is 14.8. The Morgan fingerprint density at radius 3 is 1.37 bits per heavy atom. The molecule has 10 aromatic carbocycles. The maximum atomic E-state index is 6.27. The van der Waals surface area contributed by atoms with E-state index in [1.807, 2.05) is 6.07 Å². The molecule has 0 atom stereocenters. The summed E-state index contributed by atoms with van der Waals surface area (Å²) in [5.74, 6) is 0. The molecule has 11 rings (SSSR count). The van der Waals surface area contributed by atoms with Crippen molar-refractivity contribution in [2.45, 2.75) is 0 Å². The first-order valence-electron chi connectivity index (χ1n) is 17.6. The standard InChI is InChI=1S/C50H30O/c1-2-15-32-31(13-1)14-11-24-38(32)48-40-18-5-7-20-42(40)49(43-21-8-6-19-41(43)48)44-28-27-36(33-16-3-4-17-35(33)44)34-23-12-25-39-37(34)29-30-47-50(39)45-22-9-10-26-46(45)51-47/h1-30H. The topological polar surface area (TPSA) is 13.1 Å². The third kappa shape index (κ3) is 4.09. The molecule has 0 saturated carbocycles. The highest BCUT2D eigenvalue weighted by Crippen LogP contribution is 2.48. The first-order chi connectivity index (χ1) is 25.3. The number of para-hydroxylation sites is 1. The van der Waals surface area contributed by atoms with Gasteiger partial charge in [0, 0.05) is 10.8 Å². The van der Waals surface area contributed by atoms with Gasteiger partial charge in [0.05, 0.1) is 0 Å². The van der Waals surface area contributed by atoms with E-state index >= 15 is 0 Å². The van der Waals surface area contributed by atoms with Crippen LogP contribution in [0.2, 0.25) is 0 Å². The molecule has 0 aliphatic rings. The van der Waals surface area contributed by atoms with Crippen LogP contribution in [0.1, 0.15) is 0 Å². The second-order valence-electron chi connectivity index (χ2n) is 13.5. The third-order valence-electron chi connectivity index (χ3n) is 10.9. The van der Waals surface area contributed by atoms with Crippen LogP contribution in [-0.4, -0.2) is 0 Å². The van der Waals surface area contributed by atoms with Crippen LogP contribution >= 0.6 is 0 Å². The van der Waals surface area contributed by atoms with Gasteiger partial charge in [0.1, 0.15) is 11.2 Å². The van der Waals surface area contributed by atoms with Crippen LogP contribution in [0.3, 0.4) is 0 Å². The molecule has 1 heterocycles. The summed E-state index contributed by atoms with van der Waals surface area (Å²) in [4.78, 5) is 0. The summed E-state index contributed by atoms with van der Waals surface area (Å²) < 4.78 is 6.27. The number of hydrogen-bond donors (Lipinski definition) is 0. The summed E-state index contributed by atoms with van der Waals surface area (Å²) in [6.07, 6.45) is 0. The van der Waals surface area contributed by atoms with Crippen molar-refractivity contribution in [3.8, 4) is 33.4 Å². The Kier molecular flexibility index (Phi) is 6.02. The SMILES string of the molecule is c1ccc2c(-c3c4ccccc4c(-c4ccc(-c5cccc6c5ccc5oc7ccccc7c56)c5ccccc45)c4ccccc34)cccc2c1. The van der Waals surface area contributed by atoms with Crippen molar-refractivity contribution >= 4 is 75.8 Å². The number of hydrogen-bond acceptors (Lipinski definition) is 1. The Morgan fingerprint density at radius 2 is 0.667 bits per heavy atom. The van der Waals surface area contributed by atoms with E-state index in [2.05, 4.69) is 176 Å². The maximum absolute atomic E-state index is 6.27. The Labute approximate surface area is 294 Å². The van der Waals surface area contributed by atoms with Gasteiger partial charge in [-0.15, -0.1) is 0 Å². The van der Waals surface area contributed by atoms with Crippen LogP contribution in [0.4, 0.5) is 0 Å². The van der Waals surface area contributed by atoms with E-state index in [1.165, 1.54) is 92.6 Å². The Hall–Kier alpha value is -6.70. The minimum Gasteiger partial charge on any atom is -0.456 e. The number of rotatable bonds is 3. The van der Waals surface area contributed by atoms with Crippen molar-refractivity contribution in [3.63, 3.8) is 0 Å². The number of benzene rings is 10. The molecule has 1 aromatic heterocycles. The molecule has 0 aliphatic carbocycles. The predicted molar refractivity (Wildman–Crippen MR) is 218 cm³/mol. The zero-order valence-electron chi connectivity index (χ0n) is 27.7. The Bertz CT molecular complexity index is 3130. The smallest absolute Gasteiger partial charge is 0.136 e. The van der Waals surface area contributed by atoms with Crippen molar-refractivity contribution in [2.24, 2.45) is 0 Å². The van der Waals surface area contributed by atoms with Crippen LogP contribution in [0.25, 0.3) is 109 Å². The summed E-state index contributed by atoms with van der Waals surface area (Å²) >= 11 is 0. The first-order valence-corrected chi connectivity index (χ1v) is 17.6. The molecule has 0 spiro atoms. The lowest BCUT2D eigenvalue weighted by atomic mass is 9.83. The highest BCUT2D eigenvalue weighted by Gasteiger charge is 2.20. The summed E-state index contributed by atoms with van der Waals surface area (Å²) in [5.41, 5.74) is 9.38. The van der Waals surface area contributed by atoms with Crippen molar-refractivity contribution in [2.75, 3.05) is 0 Å². The fourth-order valence-corrected chi connectivity index (χ4v) is 8.72. The van der Waals surface area contributed by atoms with E-state index < -0.39 is 0 Å². The lowest BCUT2D eigenvalue weighted by Gasteiger charge is -2.20. The fourth-order valence-electron chi connectivity index (χ4n) is 8.72. The molecule has 1 heteroatoms. The van der Waals surface area contributed by atoms with Crippen LogP contribution < -0.4 is 0 Å². The quantitative estimate of drug-likeness (QED) is 0.174. The largest absolute Gasteiger partial charge is 0.456 e. The van der Waals surface area contributed by atoms with Crippen molar-refractivity contribution < 1.29 is 4.42 Å². The van der Waals surface area contributed by atoms with E-state index in [0.29, 0.717) is 0 Å². The van der Waals surface area contributed by atoms with E-state index in [4.69, 9.17) is 4.42 Å². The molecule has 0 bridgehead atoms. The number of fused-ring (bicyclic) bond motifs is 9. The molecule has 0 radical (unpaired) electrons. The normalized spacial score (nSPS) is 11.9. The molecule has 0 aliphatic heterocycles. The molecule has 51 heavy (non-hydrogen) atoms. The molecular weight excluding hydrogens is 617 g/mol. The van der Waals surface area contributed by atoms with Gasteiger partial charge in [-0.05, 0) is 99.4 Å². The molecule has 0 N–H and O–H groups in total. The van der Waals surface area contributed by atoms with Crippen LogP contribution in [0.15, 0.2) is 186 Å². The lowest BCUT2D eigenvalue weighted by molar-refractivity contribution is 0.669.